The molecule has 0 heterocycles. The highest BCUT2D eigenvalue weighted by Gasteiger charge is 2.35. The first-order valence-electron chi connectivity index (χ1n) is 14.2. The number of amides is 2. The van der Waals surface area contributed by atoms with Crippen molar-refractivity contribution in [2.45, 2.75) is 37.8 Å². The van der Waals surface area contributed by atoms with Crippen LogP contribution in [0.15, 0.2) is 114 Å². The Balaban J connectivity index is 1.79. The Morgan fingerprint density at radius 3 is 2.00 bits per heavy atom. The van der Waals surface area contributed by atoms with Crippen LogP contribution < -0.4 is 9.62 Å². The minimum atomic E-state index is -4.31. The summed E-state index contributed by atoms with van der Waals surface area (Å²) < 4.78 is 57.4. The topological polar surface area (TPSA) is 86.8 Å². The lowest BCUT2D eigenvalue weighted by Gasteiger charge is -2.34. The molecule has 2 amide bonds. The second-order valence-electron chi connectivity index (χ2n) is 10.8. The third kappa shape index (κ3) is 8.29. The van der Waals surface area contributed by atoms with Gasteiger partial charge in [0.25, 0.3) is 10.0 Å². The van der Waals surface area contributed by atoms with Crippen LogP contribution in [0, 0.1) is 17.6 Å². The lowest BCUT2D eigenvalue weighted by Crippen LogP contribution is -2.53. The maximum atomic E-state index is 15.0. The van der Waals surface area contributed by atoms with Crippen LogP contribution in [-0.2, 0) is 32.6 Å². The molecular formula is C34H35F2N3O4S. The van der Waals surface area contributed by atoms with Crippen LogP contribution in [0.2, 0.25) is 0 Å². The van der Waals surface area contributed by atoms with Gasteiger partial charge in [0, 0.05) is 25.1 Å². The van der Waals surface area contributed by atoms with Gasteiger partial charge in [0.2, 0.25) is 11.8 Å². The summed E-state index contributed by atoms with van der Waals surface area (Å²) in [5.74, 6) is -2.22. The number of nitrogens with one attached hydrogen (secondary N) is 1. The van der Waals surface area contributed by atoms with Gasteiger partial charge in [0.05, 0.1) is 10.6 Å². The molecule has 0 aromatic heterocycles. The molecule has 4 rings (SSSR count). The molecular weight excluding hydrogens is 584 g/mol. The van der Waals surface area contributed by atoms with E-state index in [1.165, 1.54) is 47.4 Å². The Kier molecular flexibility index (Phi) is 10.8. The monoisotopic (exact) mass is 619 g/mol. The van der Waals surface area contributed by atoms with E-state index in [9.17, 15) is 26.8 Å². The standard InChI is InChI=1S/C34H35F2N3O4S/c1-25(2)22-37-34(41)32(21-26-11-5-3-6-12-26)38(23-27-13-9-10-16-31(27)36)33(40)24-39(29-19-17-28(35)18-20-29)44(42,43)30-14-7-4-8-15-30/h3-20,25,32H,21-24H2,1-2H3,(H,37,41)/t32-/m1/s1. The molecule has 4 aromatic rings. The number of carbonyl (C=O) groups is 2. The molecule has 0 bridgehead atoms. The largest absolute Gasteiger partial charge is 0.354 e. The third-order valence-electron chi connectivity index (χ3n) is 6.98. The molecule has 10 heteroatoms. The molecule has 230 valence electrons. The molecule has 0 aliphatic carbocycles. The summed E-state index contributed by atoms with van der Waals surface area (Å²) >= 11 is 0. The molecule has 4 aromatic carbocycles. The summed E-state index contributed by atoms with van der Waals surface area (Å²) in [6.07, 6.45) is 0.104. The van der Waals surface area contributed by atoms with E-state index in [2.05, 4.69) is 5.32 Å². The Morgan fingerprint density at radius 2 is 1.39 bits per heavy atom. The van der Waals surface area contributed by atoms with Gasteiger partial charge >= 0.3 is 0 Å². The first-order chi connectivity index (χ1) is 21.1. The number of rotatable bonds is 13. The molecule has 0 saturated carbocycles. The fourth-order valence-electron chi connectivity index (χ4n) is 4.64. The van der Waals surface area contributed by atoms with Crippen LogP contribution in [0.4, 0.5) is 14.5 Å². The molecule has 0 fully saturated rings. The van der Waals surface area contributed by atoms with Gasteiger partial charge in [0.15, 0.2) is 0 Å². The highest BCUT2D eigenvalue weighted by atomic mass is 32.2. The van der Waals surface area contributed by atoms with Crippen molar-refractivity contribution in [3.05, 3.63) is 132 Å². The Bertz CT molecular complexity index is 1650. The van der Waals surface area contributed by atoms with Crippen molar-refractivity contribution in [2.24, 2.45) is 5.92 Å². The number of sulfonamides is 1. The van der Waals surface area contributed by atoms with E-state index in [4.69, 9.17) is 0 Å². The summed E-state index contributed by atoms with van der Waals surface area (Å²) in [6, 6.07) is 26.2. The molecule has 44 heavy (non-hydrogen) atoms. The van der Waals surface area contributed by atoms with E-state index in [1.54, 1.807) is 24.3 Å². The maximum Gasteiger partial charge on any atom is 0.264 e. The van der Waals surface area contributed by atoms with Gasteiger partial charge in [0.1, 0.15) is 24.2 Å². The average Bonchev–Trinajstić information content (AvgIpc) is 3.02. The Morgan fingerprint density at radius 1 is 0.795 bits per heavy atom. The summed E-state index contributed by atoms with van der Waals surface area (Å²) in [5, 5.41) is 2.89. The molecule has 0 aliphatic rings. The fraction of sp³-hybridized carbons (Fsp3) is 0.235. The third-order valence-corrected chi connectivity index (χ3v) is 8.77. The first kappa shape index (κ1) is 32.3. The van der Waals surface area contributed by atoms with Crippen molar-refractivity contribution in [3.8, 4) is 0 Å². The molecule has 1 atom stereocenters. The summed E-state index contributed by atoms with van der Waals surface area (Å²) in [5.41, 5.74) is 0.976. The minimum Gasteiger partial charge on any atom is -0.354 e. The van der Waals surface area contributed by atoms with Crippen molar-refractivity contribution >= 4 is 27.5 Å². The van der Waals surface area contributed by atoms with Gasteiger partial charge in [-0.1, -0.05) is 80.6 Å². The second-order valence-corrected chi connectivity index (χ2v) is 12.6. The Hall–Kier alpha value is -4.57. The lowest BCUT2D eigenvalue weighted by atomic mass is 10.0. The second kappa shape index (κ2) is 14.7. The summed E-state index contributed by atoms with van der Waals surface area (Å²) in [7, 11) is -4.31. The van der Waals surface area contributed by atoms with Crippen molar-refractivity contribution < 1.29 is 26.8 Å². The number of hydrogen-bond donors (Lipinski definition) is 1. The van der Waals surface area contributed by atoms with Gasteiger partial charge in [-0.3, -0.25) is 13.9 Å². The first-order valence-corrected chi connectivity index (χ1v) is 15.7. The quantitative estimate of drug-likeness (QED) is 0.212. The van der Waals surface area contributed by atoms with Crippen LogP contribution >= 0.6 is 0 Å². The number of benzene rings is 4. The number of carbonyl (C=O) groups excluding carboxylic acids is 2. The Labute approximate surface area is 257 Å². The summed E-state index contributed by atoms with van der Waals surface area (Å²) in [6.45, 7) is 3.20. The van der Waals surface area contributed by atoms with Crippen LogP contribution in [0.1, 0.15) is 25.0 Å². The smallest absolute Gasteiger partial charge is 0.264 e. The molecule has 1 N–H and O–H groups in total. The van der Waals surface area contributed by atoms with Crippen molar-refractivity contribution in [1.29, 1.82) is 0 Å². The van der Waals surface area contributed by atoms with E-state index >= 15 is 0 Å². The van der Waals surface area contributed by atoms with E-state index in [0.29, 0.717) is 6.54 Å². The summed E-state index contributed by atoms with van der Waals surface area (Å²) in [4.78, 5) is 29.2. The number of anilines is 1. The number of halogens is 2. The highest BCUT2D eigenvalue weighted by molar-refractivity contribution is 7.92. The molecule has 7 nitrogen and oxygen atoms in total. The molecule has 0 radical (unpaired) electrons. The fourth-order valence-corrected chi connectivity index (χ4v) is 6.08. The van der Waals surface area contributed by atoms with E-state index in [1.807, 2.05) is 44.2 Å². The number of nitrogens with zero attached hydrogens (tertiary/aromatic N) is 2. The van der Waals surface area contributed by atoms with Crippen molar-refractivity contribution in [1.82, 2.24) is 10.2 Å². The molecule has 0 spiro atoms. The normalized spacial score (nSPS) is 12.0. The zero-order valence-corrected chi connectivity index (χ0v) is 25.4. The van der Waals surface area contributed by atoms with Gasteiger partial charge in [-0.15, -0.1) is 0 Å². The van der Waals surface area contributed by atoms with Crippen molar-refractivity contribution in [3.63, 3.8) is 0 Å². The highest BCUT2D eigenvalue weighted by Crippen LogP contribution is 2.25. The zero-order valence-electron chi connectivity index (χ0n) is 24.6. The van der Waals surface area contributed by atoms with Gasteiger partial charge < -0.3 is 10.2 Å². The SMILES string of the molecule is CC(C)CNC(=O)[C@@H](Cc1ccccc1)N(Cc1ccccc1F)C(=O)CN(c1ccc(F)cc1)S(=O)(=O)c1ccccc1. The lowest BCUT2D eigenvalue weighted by molar-refractivity contribution is -0.140. The zero-order chi connectivity index (χ0) is 31.7. The van der Waals surface area contributed by atoms with Crippen LogP contribution in [0.5, 0.6) is 0 Å². The van der Waals surface area contributed by atoms with E-state index < -0.39 is 46.1 Å². The predicted molar refractivity (Wildman–Crippen MR) is 166 cm³/mol. The van der Waals surface area contributed by atoms with Crippen LogP contribution in [-0.4, -0.2) is 44.3 Å². The van der Waals surface area contributed by atoms with Crippen molar-refractivity contribution in [2.75, 3.05) is 17.4 Å². The van der Waals surface area contributed by atoms with E-state index in [0.717, 1.165) is 22.0 Å². The predicted octanol–water partition coefficient (Wildman–Crippen LogP) is 5.57. The van der Waals surface area contributed by atoms with E-state index in [-0.39, 0.29) is 35.0 Å². The minimum absolute atomic E-state index is 0.0540. The molecule has 0 saturated heterocycles. The number of hydrogen-bond acceptors (Lipinski definition) is 4. The van der Waals surface area contributed by atoms with Crippen LogP contribution in [0.25, 0.3) is 0 Å². The van der Waals surface area contributed by atoms with Gasteiger partial charge in [-0.25, -0.2) is 17.2 Å². The maximum absolute atomic E-state index is 15.0. The average molecular weight is 620 g/mol. The molecule has 0 unspecified atom stereocenters. The van der Waals surface area contributed by atoms with Crippen LogP contribution in [0.3, 0.4) is 0 Å². The molecule has 0 aliphatic heterocycles. The van der Waals surface area contributed by atoms with Gasteiger partial charge in [-0.05, 0) is 53.9 Å². The van der Waals surface area contributed by atoms with Gasteiger partial charge in [-0.2, -0.15) is 0 Å².